The standard InChI is InChI=1S/C18H22ClNO/c1-4-20-17(12-14-5-8-16(19)9-6-14)15-7-10-18(21-3)13(2)11-15/h5-11,17,20H,4,12H2,1-3H3. The number of aryl methyl sites for hydroxylation is 1. The Morgan fingerprint density at radius 3 is 2.43 bits per heavy atom. The van der Waals surface area contributed by atoms with Gasteiger partial charge in [-0.3, -0.25) is 0 Å². The fourth-order valence-electron chi connectivity index (χ4n) is 2.53. The molecule has 2 rings (SSSR count). The number of halogens is 1. The SMILES string of the molecule is CCNC(Cc1ccc(Cl)cc1)c1ccc(OC)c(C)c1. The van der Waals surface area contributed by atoms with Crippen LogP contribution in [0.25, 0.3) is 0 Å². The first-order chi connectivity index (χ1) is 10.1. The summed E-state index contributed by atoms with van der Waals surface area (Å²) in [6.07, 6.45) is 0.941. The second-order valence-electron chi connectivity index (χ2n) is 5.17. The van der Waals surface area contributed by atoms with Crippen molar-refractivity contribution in [3.05, 3.63) is 64.2 Å². The van der Waals surface area contributed by atoms with E-state index in [1.165, 1.54) is 11.1 Å². The zero-order chi connectivity index (χ0) is 15.2. The van der Waals surface area contributed by atoms with Crippen LogP contribution < -0.4 is 10.1 Å². The van der Waals surface area contributed by atoms with Crippen molar-refractivity contribution in [3.63, 3.8) is 0 Å². The minimum absolute atomic E-state index is 0.292. The predicted molar refractivity (Wildman–Crippen MR) is 89.3 cm³/mol. The van der Waals surface area contributed by atoms with Crippen molar-refractivity contribution in [1.29, 1.82) is 0 Å². The molecule has 0 radical (unpaired) electrons. The van der Waals surface area contributed by atoms with Gasteiger partial charge < -0.3 is 10.1 Å². The van der Waals surface area contributed by atoms with Gasteiger partial charge in [0.1, 0.15) is 5.75 Å². The Balaban J connectivity index is 2.21. The summed E-state index contributed by atoms with van der Waals surface area (Å²) in [4.78, 5) is 0. The maximum atomic E-state index is 5.95. The molecule has 21 heavy (non-hydrogen) atoms. The highest BCUT2D eigenvalue weighted by Gasteiger charge is 2.12. The lowest BCUT2D eigenvalue weighted by atomic mass is 9.97. The number of methoxy groups -OCH3 is 1. The maximum Gasteiger partial charge on any atom is 0.121 e. The largest absolute Gasteiger partial charge is 0.496 e. The molecule has 0 aliphatic rings. The average molecular weight is 304 g/mol. The summed E-state index contributed by atoms with van der Waals surface area (Å²) in [6.45, 7) is 5.14. The van der Waals surface area contributed by atoms with Crippen LogP contribution in [0.3, 0.4) is 0 Å². The molecule has 0 spiro atoms. The van der Waals surface area contributed by atoms with Crippen molar-refractivity contribution < 1.29 is 4.74 Å². The highest BCUT2D eigenvalue weighted by molar-refractivity contribution is 6.30. The van der Waals surface area contributed by atoms with Crippen molar-refractivity contribution in [2.75, 3.05) is 13.7 Å². The van der Waals surface area contributed by atoms with Crippen molar-refractivity contribution in [1.82, 2.24) is 5.32 Å². The number of likely N-dealkylation sites (N-methyl/N-ethyl adjacent to an activating group) is 1. The molecular weight excluding hydrogens is 282 g/mol. The third-order valence-electron chi connectivity index (χ3n) is 3.62. The summed E-state index contributed by atoms with van der Waals surface area (Å²) < 4.78 is 5.34. The predicted octanol–water partition coefficient (Wildman–Crippen LogP) is 4.55. The Hall–Kier alpha value is -1.51. The first kappa shape index (κ1) is 15.9. The van der Waals surface area contributed by atoms with Crippen molar-refractivity contribution in [3.8, 4) is 5.75 Å². The molecule has 0 aromatic heterocycles. The van der Waals surface area contributed by atoms with Crippen LogP contribution in [0.5, 0.6) is 5.75 Å². The number of hydrogen-bond acceptors (Lipinski definition) is 2. The first-order valence-electron chi connectivity index (χ1n) is 7.26. The van der Waals surface area contributed by atoms with Gasteiger partial charge in [0.15, 0.2) is 0 Å². The Morgan fingerprint density at radius 1 is 1.14 bits per heavy atom. The maximum absolute atomic E-state index is 5.95. The third kappa shape index (κ3) is 4.23. The van der Waals surface area contributed by atoms with E-state index in [-0.39, 0.29) is 0 Å². The van der Waals surface area contributed by atoms with Crippen LogP contribution in [0.2, 0.25) is 5.02 Å². The second-order valence-corrected chi connectivity index (χ2v) is 5.61. The molecule has 1 N–H and O–H groups in total. The molecule has 1 unspecified atom stereocenters. The molecule has 0 heterocycles. The van der Waals surface area contributed by atoms with E-state index in [2.05, 4.69) is 43.4 Å². The van der Waals surface area contributed by atoms with Crippen LogP contribution in [0.1, 0.15) is 29.7 Å². The molecule has 0 fully saturated rings. The van der Waals surface area contributed by atoms with E-state index in [1.54, 1.807) is 7.11 Å². The van der Waals surface area contributed by atoms with Crippen molar-refractivity contribution >= 4 is 11.6 Å². The van der Waals surface area contributed by atoms with E-state index in [4.69, 9.17) is 16.3 Å². The number of hydrogen-bond donors (Lipinski definition) is 1. The minimum Gasteiger partial charge on any atom is -0.496 e. The van der Waals surface area contributed by atoms with Crippen LogP contribution >= 0.6 is 11.6 Å². The topological polar surface area (TPSA) is 21.3 Å². The molecule has 0 aliphatic heterocycles. The van der Waals surface area contributed by atoms with Crippen LogP contribution in [-0.2, 0) is 6.42 Å². The van der Waals surface area contributed by atoms with Gasteiger partial charge in [-0.1, -0.05) is 42.8 Å². The van der Waals surface area contributed by atoms with Gasteiger partial charge in [-0.2, -0.15) is 0 Å². The van der Waals surface area contributed by atoms with Gasteiger partial charge in [-0.25, -0.2) is 0 Å². The van der Waals surface area contributed by atoms with Gasteiger partial charge in [0.2, 0.25) is 0 Å². The van der Waals surface area contributed by atoms with E-state index in [1.807, 2.05) is 18.2 Å². The quantitative estimate of drug-likeness (QED) is 0.845. The summed E-state index contributed by atoms with van der Waals surface area (Å²) in [5.41, 5.74) is 3.72. The molecule has 2 aromatic carbocycles. The Labute approximate surface area is 132 Å². The van der Waals surface area contributed by atoms with E-state index in [9.17, 15) is 0 Å². The molecule has 0 amide bonds. The highest BCUT2D eigenvalue weighted by atomic mass is 35.5. The molecule has 0 bridgehead atoms. The summed E-state index contributed by atoms with van der Waals surface area (Å²) in [7, 11) is 1.71. The number of benzene rings is 2. The van der Waals surface area contributed by atoms with Gasteiger partial charge in [0.05, 0.1) is 7.11 Å². The lowest BCUT2D eigenvalue weighted by Gasteiger charge is -2.20. The molecule has 3 heteroatoms. The minimum atomic E-state index is 0.292. The lowest BCUT2D eigenvalue weighted by molar-refractivity contribution is 0.411. The van der Waals surface area contributed by atoms with Crippen molar-refractivity contribution in [2.24, 2.45) is 0 Å². The van der Waals surface area contributed by atoms with Gasteiger partial charge in [0.25, 0.3) is 0 Å². The molecule has 1 atom stereocenters. The zero-order valence-corrected chi connectivity index (χ0v) is 13.6. The lowest BCUT2D eigenvalue weighted by Crippen LogP contribution is -2.23. The van der Waals surface area contributed by atoms with Crippen molar-refractivity contribution in [2.45, 2.75) is 26.3 Å². The average Bonchev–Trinajstić information content (AvgIpc) is 2.49. The van der Waals surface area contributed by atoms with Crippen LogP contribution in [0.15, 0.2) is 42.5 Å². The van der Waals surface area contributed by atoms with Crippen LogP contribution in [0, 0.1) is 6.92 Å². The van der Waals surface area contributed by atoms with Crippen LogP contribution in [-0.4, -0.2) is 13.7 Å². The third-order valence-corrected chi connectivity index (χ3v) is 3.88. The van der Waals surface area contributed by atoms with E-state index >= 15 is 0 Å². The summed E-state index contributed by atoms with van der Waals surface area (Å²) in [5.74, 6) is 0.931. The molecule has 0 aliphatic carbocycles. The monoisotopic (exact) mass is 303 g/mol. The number of nitrogens with one attached hydrogen (secondary N) is 1. The fourth-order valence-corrected chi connectivity index (χ4v) is 2.65. The molecule has 2 nitrogen and oxygen atoms in total. The Kier molecular flexibility index (Phi) is 5.66. The molecule has 0 saturated carbocycles. The normalized spacial score (nSPS) is 12.2. The van der Waals surface area contributed by atoms with Gasteiger partial charge in [-0.05, 0) is 54.8 Å². The molecule has 0 saturated heterocycles. The molecular formula is C18H22ClNO. The molecule has 112 valence electrons. The fraction of sp³-hybridized carbons (Fsp3) is 0.333. The van der Waals surface area contributed by atoms with Gasteiger partial charge in [-0.15, -0.1) is 0 Å². The number of ether oxygens (including phenoxy) is 1. The summed E-state index contributed by atoms with van der Waals surface area (Å²) in [6, 6.07) is 14.7. The van der Waals surface area contributed by atoms with Gasteiger partial charge in [0, 0.05) is 11.1 Å². The van der Waals surface area contributed by atoms with E-state index in [0.717, 1.165) is 29.3 Å². The van der Waals surface area contributed by atoms with Gasteiger partial charge >= 0.3 is 0 Å². The second kappa shape index (κ2) is 7.48. The first-order valence-corrected chi connectivity index (χ1v) is 7.64. The van der Waals surface area contributed by atoms with E-state index in [0.29, 0.717) is 6.04 Å². The zero-order valence-electron chi connectivity index (χ0n) is 12.8. The summed E-state index contributed by atoms with van der Waals surface area (Å²) >= 11 is 5.95. The van der Waals surface area contributed by atoms with E-state index < -0.39 is 0 Å². The summed E-state index contributed by atoms with van der Waals surface area (Å²) in [5, 5.41) is 4.33. The smallest absolute Gasteiger partial charge is 0.121 e. The number of rotatable bonds is 6. The highest BCUT2D eigenvalue weighted by Crippen LogP contribution is 2.25. The Morgan fingerprint density at radius 2 is 1.86 bits per heavy atom. The molecule has 2 aromatic rings. The Bertz CT molecular complexity index is 580. The van der Waals surface area contributed by atoms with Crippen LogP contribution in [0.4, 0.5) is 0 Å².